The van der Waals surface area contributed by atoms with Gasteiger partial charge >= 0.3 is 5.97 Å². The average molecular weight is 234 g/mol. The quantitative estimate of drug-likeness (QED) is 0.562. The zero-order chi connectivity index (χ0) is 12.6. The molecular formula is C12H14N2O3. The summed E-state index contributed by atoms with van der Waals surface area (Å²) in [4.78, 5) is 23.0. The molecule has 0 aromatic heterocycles. The van der Waals surface area contributed by atoms with Crippen molar-refractivity contribution in [2.24, 2.45) is 5.92 Å². The summed E-state index contributed by atoms with van der Waals surface area (Å²) in [5, 5.41) is 11.9. The van der Waals surface area contributed by atoms with Crippen LogP contribution >= 0.6 is 0 Å². The molecular weight excluding hydrogens is 220 g/mol. The highest BCUT2D eigenvalue weighted by molar-refractivity contribution is 5.93. The van der Waals surface area contributed by atoms with Gasteiger partial charge in [0.2, 0.25) is 5.91 Å². The van der Waals surface area contributed by atoms with Crippen molar-refractivity contribution in [3.63, 3.8) is 0 Å². The number of esters is 1. The number of nitrogens with one attached hydrogen (secondary N) is 1. The fourth-order valence-corrected chi connectivity index (χ4v) is 2.35. The smallest absolute Gasteiger partial charge is 0.309 e. The monoisotopic (exact) mass is 234 g/mol. The molecule has 2 rings (SSSR count). The van der Waals surface area contributed by atoms with Gasteiger partial charge in [-0.2, -0.15) is 5.26 Å². The molecule has 0 radical (unpaired) electrons. The normalized spacial score (nSPS) is 34.7. The Balaban J connectivity index is 2.21. The maximum Gasteiger partial charge on any atom is 0.309 e. The Morgan fingerprint density at radius 1 is 1.71 bits per heavy atom. The fourth-order valence-electron chi connectivity index (χ4n) is 2.35. The molecule has 5 nitrogen and oxygen atoms in total. The van der Waals surface area contributed by atoms with Crippen LogP contribution in [-0.2, 0) is 14.3 Å². The third-order valence-corrected chi connectivity index (χ3v) is 3.45. The van der Waals surface area contributed by atoms with Gasteiger partial charge in [0.05, 0.1) is 12.0 Å². The summed E-state index contributed by atoms with van der Waals surface area (Å²) in [6.07, 6.45) is 1.02. The highest BCUT2D eigenvalue weighted by Gasteiger charge is 2.53. The van der Waals surface area contributed by atoms with E-state index in [1.807, 2.05) is 0 Å². The Morgan fingerprint density at radius 3 is 3.00 bits per heavy atom. The lowest BCUT2D eigenvalue weighted by Gasteiger charge is -2.34. The summed E-state index contributed by atoms with van der Waals surface area (Å²) in [5.41, 5.74) is -0.746. The molecule has 0 aromatic carbocycles. The number of hydrogen-bond donors (Lipinski definition) is 1. The van der Waals surface area contributed by atoms with E-state index in [0.29, 0.717) is 24.8 Å². The van der Waals surface area contributed by atoms with Gasteiger partial charge in [0.15, 0.2) is 5.54 Å². The van der Waals surface area contributed by atoms with Gasteiger partial charge < -0.3 is 10.1 Å². The Labute approximate surface area is 99.4 Å². The second-order valence-corrected chi connectivity index (χ2v) is 4.71. The first-order valence-electron chi connectivity index (χ1n) is 5.58. The van der Waals surface area contributed by atoms with E-state index in [-0.39, 0.29) is 17.8 Å². The summed E-state index contributed by atoms with van der Waals surface area (Å²) in [6, 6.07) is 2.10. The third-order valence-electron chi connectivity index (χ3n) is 3.45. The number of carbonyl (C=O) groups is 2. The van der Waals surface area contributed by atoms with Crippen LogP contribution in [0.2, 0.25) is 0 Å². The first-order chi connectivity index (χ1) is 7.98. The highest BCUT2D eigenvalue weighted by atomic mass is 16.6. The van der Waals surface area contributed by atoms with Crippen LogP contribution in [0.5, 0.6) is 0 Å². The van der Waals surface area contributed by atoms with Crippen LogP contribution in [0.4, 0.5) is 0 Å². The predicted molar refractivity (Wildman–Crippen MR) is 58.5 cm³/mol. The summed E-state index contributed by atoms with van der Waals surface area (Å²) in [6.45, 7) is 5.11. The molecule has 2 bridgehead atoms. The Morgan fingerprint density at radius 2 is 2.41 bits per heavy atom. The maximum atomic E-state index is 11.6. The number of carbonyl (C=O) groups excluding carboxylic acids is 2. The van der Waals surface area contributed by atoms with Gasteiger partial charge in [-0.15, -0.1) is 0 Å². The molecule has 17 heavy (non-hydrogen) atoms. The number of fused-ring (bicyclic) bond motifs is 2. The number of nitrogens with zero attached hydrogens (tertiary/aromatic N) is 1. The summed E-state index contributed by atoms with van der Waals surface area (Å²) in [7, 11) is 0. The topological polar surface area (TPSA) is 79.2 Å². The van der Waals surface area contributed by atoms with Gasteiger partial charge in [-0.3, -0.25) is 9.59 Å². The molecule has 1 saturated carbocycles. The second-order valence-electron chi connectivity index (χ2n) is 4.71. The van der Waals surface area contributed by atoms with E-state index in [2.05, 4.69) is 18.0 Å². The first-order valence-corrected chi connectivity index (χ1v) is 5.58. The lowest BCUT2D eigenvalue weighted by molar-refractivity contribution is -0.145. The molecule has 3 unspecified atom stereocenters. The lowest BCUT2D eigenvalue weighted by atomic mass is 9.77. The van der Waals surface area contributed by atoms with E-state index in [1.165, 1.54) is 0 Å². The van der Waals surface area contributed by atoms with Crippen molar-refractivity contribution in [1.82, 2.24) is 5.32 Å². The number of hydrogen-bond acceptors (Lipinski definition) is 4. The Bertz CT molecular complexity index is 438. The Kier molecular flexibility index (Phi) is 2.66. The van der Waals surface area contributed by atoms with Crippen molar-refractivity contribution in [2.75, 3.05) is 0 Å². The molecule has 5 heteroatoms. The molecule has 90 valence electrons. The van der Waals surface area contributed by atoms with Crippen molar-refractivity contribution in [2.45, 2.75) is 37.8 Å². The van der Waals surface area contributed by atoms with Gasteiger partial charge in [-0.1, -0.05) is 6.58 Å². The van der Waals surface area contributed by atoms with Crippen LogP contribution in [-0.4, -0.2) is 23.5 Å². The largest absolute Gasteiger partial charge is 0.458 e. The van der Waals surface area contributed by atoms with Gasteiger partial charge in [-0.05, 0) is 19.8 Å². The zero-order valence-electron chi connectivity index (χ0n) is 9.66. The fraction of sp³-hybridized carbons (Fsp3) is 0.583. The minimum absolute atomic E-state index is 0.108. The van der Waals surface area contributed by atoms with Crippen molar-refractivity contribution in [3.05, 3.63) is 12.2 Å². The molecule has 1 aliphatic heterocycles. The van der Waals surface area contributed by atoms with Crippen molar-refractivity contribution >= 4 is 11.9 Å². The SMILES string of the molecule is C=C(C)C(=O)NC1(C#N)CCC2CC1OC2=O. The van der Waals surface area contributed by atoms with E-state index in [9.17, 15) is 14.9 Å². The molecule has 1 N–H and O–H groups in total. The molecule has 2 fully saturated rings. The van der Waals surface area contributed by atoms with E-state index < -0.39 is 11.6 Å². The summed E-state index contributed by atoms with van der Waals surface area (Å²) < 4.78 is 5.17. The predicted octanol–water partition coefficient (Wildman–Crippen LogP) is 0.667. The van der Waals surface area contributed by atoms with Crippen molar-refractivity contribution < 1.29 is 14.3 Å². The minimum atomic E-state index is -1.08. The van der Waals surface area contributed by atoms with Gasteiger partial charge in [0.25, 0.3) is 0 Å². The standard InChI is InChI=1S/C12H14N2O3/c1-7(2)10(15)14-12(6-13)4-3-8-5-9(12)17-11(8)16/h8-9H,1,3-5H2,2H3,(H,14,15). The number of amides is 1. The molecule has 3 atom stereocenters. The van der Waals surface area contributed by atoms with Crippen molar-refractivity contribution in [1.29, 1.82) is 5.26 Å². The van der Waals surface area contributed by atoms with E-state index in [4.69, 9.17) is 4.74 Å². The van der Waals surface area contributed by atoms with Crippen LogP contribution in [0.25, 0.3) is 0 Å². The summed E-state index contributed by atoms with van der Waals surface area (Å²) >= 11 is 0. The highest BCUT2D eigenvalue weighted by Crippen LogP contribution is 2.40. The molecule has 2 aliphatic rings. The number of ether oxygens (including phenoxy) is 1. The molecule has 0 spiro atoms. The third kappa shape index (κ3) is 1.80. The molecule has 1 heterocycles. The van der Waals surface area contributed by atoms with Crippen LogP contribution < -0.4 is 5.32 Å². The van der Waals surface area contributed by atoms with Gasteiger partial charge in [0, 0.05) is 12.0 Å². The van der Waals surface area contributed by atoms with E-state index >= 15 is 0 Å². The van der Waals surface area contributed by atoms with Crippen LogP contribution in [0.1, 0.15) is 26.2 Å². The first kappa shape index (κ1) is 11.6. The molecule has 1 saturated heterocycles. The van der Waals surface area contributed by atoms with Crippen LogP contribution in [0.3, 0.4) is 0 Å². The van der Waals surface area contributed by atoms with Crippen LogP contribution in [0.15, 0.2) is 12.2 Å². The van der Waals surface area contributed by atoms with Gasteiger partial charge in [-0.25, -0.2) is 0 Å². The van der Waals surface area contributed by atoms with Crippen LogP contribution in [0, 0.1) is 17.2 Å². The molecule has 1 aliphatic carbocycles. The zero-order valence-corrected chi connectivity index (χ0v) is 9.66. The van der Waals surface area contributed by atoms with Gasteiger partial charge in [0.1, 0.15) is 6.10 Å². The molecule has 1 amide bonds. The maximum absolute atomic E-state index is 11.6. The van der Waals surface area contributed by atoms with E-state index in [1.54, 1.807) is 6.92 Å². The number of rotatable bonds is 2. The van der Waals surface area contributed by atoms with E-state index in [0.717, 1.165) is 0 Å². The Hall–Kier alpha value is -1.83. The average Bonchev–Trinajstić information content (AvgIpc) is 2.61. The number of nitriles is 1. The lowest BCUT2D eigenvalue weighted by Crippen LogP contribution is -2.57. The molecule has 0 aromatic rings. The summed E-state index contributed by atoms with van der Waals surface area (Å²) in [5.74, 6) is -0.729. The minimum Gasteiger partial charge on any atom is -0.458 e. The van der Waals surface area contributed by atoms with Crippen molar-refractivity contribution in [3.8, 4) is 6.07 Å². The second kappa shape index (κ2) is 3.88.